The molecule has 124 valence electrons. The summed E-state index contributed by atoms with van der Waals surface area (Å²) in [6, 6.07) is 7.01. The van der Waals surface area contributed by atoms with E-state index in [0.29, 0.717) is 21.7 Å². The van der Waals surface area contributed by atoms with Crippen molar-refractivity contribution in [3.8, 4) is 0 Å². The fraction of sp³-hybridized carbons (Fsp3) is 0.400. The van der Waals surface area contributed by atoms with Gasteiger partial charge in [0, 0.05) is 16.1 Å². The molecule has 2 aromatic rings. The van der Waals surface area contributed by atoms with Gasteiger partial charge in [-0.15, -0.1) is 10.2 Å². The van der Waals surface area contributed by atoms with Gasteiger partial charge in [0.05, 0.1) is 5.25 Å². The van der Waals surface area contributed by atoms with E-state index >= 15 is 0 Å². The van der Waals surface area contributed by atoms with Crippen molar-refractivity contribution in [3.05, 3.63) is 35.1 Å². The molecule has 1 aromatic heterocycles. The molecule has 2 rings (SSSR count). The minimum Gasteiger partial charge on any atom is -0.336 e. The highest BCUT2D eigenvalue weighted by Crippen LogP contribution is 2.26. The van der Waals surface area contributed by atoms with Gasteiger partial charge in [0.2, 0.25) is 11.1 Å². The van der Waals surface area contributed by atoms with Gasteiger partial charge in [-0.25, -0.2) is 4.68 Å². The third-order valence-corrected chi connectivity index (χ3v) is 4.37. The Morgan fingerprint density at radius 3 is 2.65 bits per heavy atom. The number of benzene rings is 1. The smallest absolute Gasteiger partial charge is 0.237 e. The number of nitrogens with two attached hydrogens (primary N) is 1. The van der Waals surface area contributed by atoms with Crippen LogP contribution in [-0.2, 0) is 10.2 Å². The fourth-order valence-electron chi connectivity index (χ4n) is 1.89. The summed E-state index contributed by atoms with van der Waals surface area (Å²) >= 11 is 7.17. The predicted molar refractivity (Wildman–Crippen MR) is 94.3 cm³/mol. The predicted octanol–water partition coefficient (Wildman–Crippen LogP) is 3.06. The van der Waals surface area contributed by atoms with E-state index in [4.69, 9.17) is 17.4 Å². The van der Waals surface area contributed by atoms with Crippen molar-refractivity contribution < 1.29 is 4.79 Å². The maximum atomic E-state index is 12.3. The highest BCUT2D eigenvalue weighted by Gasteiger charge is 2.25. The first-order valence-electron chi connectivity index (χ1n) is 7.12. The number of anilines is 1. The molecule has 0 radical (unpaired) electrons. The highest BCUT2D eigenvalue weighted by atomic mass is 35.5. The first-order valence-corrected chi connectivity index (χ1v) is 8.38. The zero-order valence-electron chi connectivity index (χ0n) is 13.5. The maximum Gasteiger partial charge on any atom is 0.237 e. The van der Waals surface area contributed by atoms with Crippen molar-refractivity contribution in [1.82, 2.24) is 14.9 Å². The molecule has 6 nitrogen and oxygen atoms in total. The first kappa shape index (κ1) is 17.6. The number of amides is 1. The maximum absolute atomic E-state index is 12.3. The van der Waals surface area contributed by atoms with Crippen LogP contribution in [0.5, 0.6) is 0 Å². The Hall–Kier alpha value is -1.73. The van der Waals surface area contributed by atoms with E-state index in [1.54, 1.807) is 31.2 Å². The van der Waals surface area contributed by atoms with Gasteiger partial charge in [0.15, 0.2) is 5.82 Å². The third-order valence-electron chi connectivity index (χ3n) is 3.08. The second-order valence-corrected chi connectivity index (χ2v) is 7.93. The van der Waals surface area contributed by atoms with Crippen LogP contribution in [0.3, 0.4) is 0 Å². The number of nitrogens with one attached hydrogen (secondary N) is 1. The van der Waals surface area contributed by atoms with Crippen LogP contribution < -0.4 is 11.2 Å². The van der Waals surface area contributed by atoms with E-state index in [1.165, 1.54) is 16.4 Å². The van der Waals surface area contributed by atoms with E-state index < -0.39 is 0 Å². The summed E-state index contributed by atoms with van der Waals surface area (Å²) in [4.78, 5) is 12.3. The first-order chi connectivity index (χ1) is 10.7. The number of rotatable bonds is 4. The molecular weight excluding hydrogens is 334 g/mol. The quantitative estimate of drug-likeness (QED) is 0.651. The third kappa shape index (κ3) is 4.39. The molecule has 0 bridgehead atoms. The van der Waals surface area contributed by atoms with Gasteiger partial charge in [-0.3, -0.25) is 4.79 Å². The van der Waals surface area contributed by atoms with Crippen LogP contribution in [0.25, 0.3) is 0 Å². The molecule has 1 atom stereocenters. The Morgan fingerprint density at radius 1 is 1.39 bits per heavy atom. The average Bonchev–Trinajstić information content (AvgIpc) is 2.80. The zero-order chi connectivity index (χ0) is 17.2. The number of nitrogen functional groups attached to an aromatic ring is 1. The van der Waals surface area contributed by atoms with Gasteiger partial charge in [0.25, 0.3) is 0 Å². The van der Waals surface area contributed by atoms with Gasteiger partial charge in [-0.1, -0.05) is 50.2 Å². The van der Waals surface area contributed by atoms with Gasteiger partial charge in [-0.2, -0.15) is 0 Å². The largest absolute Gasteiger partial charge is 0.336 e. The molecule has 8 heteroatoms. The molecular formula is C15H20ClN5OS. The van der Waals surface area contributed by atoms with E-state index in [1.807, 2.05) is 20.8 Å². The molecule has 0 saturated carbocycles. The van der Waals surface area contributed by atoms with Crippen LogP contribution in [0.2, 0.25) is 5.02 Å². The molecule has 0 fully saturated rings. The lowest BCUT2D eigenvalue weighted by atomic mass is 9.96. The molecule has 0 saturated heterocycles. The number of thioether (sulfide) groups is 1. The summed E-state index contributed by atoms with van der Waals surface area (Å²) in [7, 11) is 0. The normalized spacial score (nSPS) is 12.9. The summed E-state index contributed by atoms with van der Waals surface area (Å²) in [5.74, 6) is 6.55. The summed E-state index contributed by atoms with van der Waals surface area (Å²) in [5, 5.41) is 11.7. The van der Waals surface area contributed by atoms with Crippen LogP contribution in [0.4, 0.5) is 5.69 Å². The number of halogens is 1. The lowest BCUT2D eigenvalue weighted by Gasteiger charge is -2.17. The van der Waals surface area contributed by atoms with Gasteiger partial charge in [-0.05, 0) is 25.1 Å². The minimum absolute atomic E-state index is 0.155. The van der Waals surface area contributed by atoms with Crippen LogP contribution in [0.15, 0.2) is 29.4 Å². The highest BCUT2D eigenvalue weighted by molar-refractivity contribution is 8.00. The molecule has 0 spiro atoms. The lowest BCUT2D eigenvalue weighted by Crippen LogP contribution is -2.26. The van der Waals surface area contributed by atoms with Crippen molar-refractivity contribution in [1.29, 1.82) is 0 Å². The average molecular weight is 354 g/mol. The summed E-state index contributed by atoms with van der Waals surface area (Å²) in [6.07, 6.45) is 0. The molecule has 0 unspecified atom stereocenters. The number of nitrogens with zero attached hydrogens (tertiary/aromatic N) is 3. The minimum atomic E-state index is -0.381. The number of carbonyl (C=O) groups excluding carboxylic acids is 1. The second-order valence-electron chi connectivity index (χ2n) is 6.19. The number of hydrogen-bond acceptors (Lipinski definition) is 5. The number of carbonyl (C=O) groups is 1. The number of hydrogen-bond donors (Lipinski definition) is 2. The van der Waals surface area contributed by atoms with E-state index in [2.05, 4.69) is 15.5 Å². The van der Waals surface area contributed by atoms with E-state index in [9.17, 15) is 4.79 Å². The molecule has 1 aromatic carbocycles. The van der Waals surface area contributed by atoms with E-state index in [0.717, 1.165) is 0 Å². The zero-order valence-corrected chi connectivity index (χ0v) is 15.1. The van der Waals surface area contributed by atoms with Crippen LogP contribution in [-0.4, -0.2) is 26.0 Å². The Bertz CT molecular complexity index is 710. The standard InChI is InChI=1S/C15H20ClN5OS/c1-9(12(22)18-11-7-5-6-10(16)8-11)23-14-20-19-13(21(14)17)15(2,3)4/h5-9H,17H2,1-4H3,(H,18,22)/t9-/m1/s1. The molecule has 0 aliphatic carbocycles. The molecule has 0 aliphatic rings. The summed E-state index contributed by atoms with van der Waals surface area (Å²) in [6.45, 7) is 7.80. The van der Waals surface area contributed by atoms with Crippen LogP contribution in [0.1, 0.15) is 33.5 Å². The summed E-state index contributed by atoms with van der Waals surface area (Å²) < 4.78 is 1.44. The molecule has 3 N–H and O–H groups in total. The fourth-order valence-corrected chi connectivity index (χ4v) is 2.85. The Balaban J connectivity index is 2.06. The Kier molecular flexibility index (Phi) is 5.21. The van der Waals surface area contributed by atoms with Crippen molar-refractivity contribution in [2.75, 3.05) is 11.2 Å². The van der Waals surface area contributed by atoms with Crippen LogP contribution in [0, 0.1) is 0 Å². The summed E-state index contributed by atoms with van der Waals surface area (Å²) in [5.41, 5.74) is 0.437. The van der Waals surface area contributed by atoms with Crippen molar-refractivity contribution in [2.45, 2.75) is 43.5 Å². The SMILES string of the molecule is C[C@@H](Sc1nnc(C(C)(C)C)n1N)C(=O)Nc1cccc(Cl)c1. The number of aromatic nitrogens is 3. The van der Waals surface area contributed by atoms with Gasteiger partial charge < -0.3 is 11.2 Å². The van der Waals surface area contributed by atoms with Crippen molar-refractivity contribution >= 4 is 35.0 Å². The lowest BCUT2D eigenvalue weighted by molar-refractivity contribution is -0.115. The second kappa shape index (κ2) is 6.80. The topological polar surface area (TPSA) is 85.8 Å². The monoisotopic (exact) mass is 353 g/mol. The van der Waals surface area contributed by atoms with Crippen molar-refractivity contribution in [3.63, 3.8) is 0 Å². The molecule has 23 heavy (non-hydrogen) atoms. The molecule has 1 amide bonds. The molecule has 0 aliphatic heterocycles. The van der Waals surface area contributed by atoms with Gasteiger partial charge >= 0.3 is 0 Å². The Labute approximate surface area is 144 Å². The van der Waals surface area contributed by atoms with Crippen LogP contribution >= 0.6 is 23.4 Å². The van der Waals surface area contributed by atoms with Gasteiger partial charge in [0.1, 0.15) is 0 Å². The molecule has 1 heterocycles. The van der Waals surface area contributed by atoms with Crippen molar-refractivity contribution in [2.24, 2.45) is 0 Å². The Morgan fingerprint density at radius 2 is 2.09 bits per heavy atom. The van der Waals surface area contributed by atoms with E-state index in [-0.39, 0.29) is 16.6 Å².